The molecule has 0 saturated carbocycles. The molecule has 1 heterocycles. The van der Waals surface area contributed by atoms with Gasteiger partial charge in [-0.15, -0.1) is 0 Å². The molecule has 0 bridgehead atoms. The van der Waals surface area contributed by atoms with Crippen molar-refractivity contribution in [3.8, 4) is 6.07 Å². The van der Waals surface area contributed by atoms with Gasteiger partial charge < -0.3 is 5.32 Å². The number of nitrogens with one attached hydrogen (secondary N) is 1. The molecular formula is C12H14F3N3. The lowest BCUT2D eigenvalue weighted by Gasteiger charge is -2.20. The maximum absolute atomic E-state index is 12.5. The second-order valence-electron chi connectivity index (χ2n) is 5.12. The van der Waals surface area contributed by atoms with Crippen LogP contribution >= 0.6 is 0 Å². The van der Waals surface area contributed by atoms with E-state index < -0.39 is 11.9 Å². The lowest BCUT2D eigenvalue weighted by molar-refractivity contribution is -0.141. The minimum absolute atomic E-state index is 0.0257. The van der Waals surface area contributed by atoms with Crippen LogP contribution in [0.25, 0.3) is 0 Å². The first-order chi connectivity index (χ1) is 8.13. The first-order valence-corrected chi connectivity index (χ1v) is 5.36. The zero-order chi connectivity index (χ0) is 14.0. The van der Waals surface area contributed by atoms with E-state index in [9.17, 15) is 13.2 Å². The first kappa shape index (κ1) is 14.3. The molecule has 0 saturated heterocycles. The Balaban J connectivity index is 3.05. The Bertz CT molecular complexity index is 467. The summed E-state index contributed by atoms with van der Waals surface area (Å²) in [6, 6.07) is 3.75. The standard InChI is InChI=1S/C12H14F3N3/c1-11(2,3)7-17-10-8(6-16)4-5-9(18-10)12(13,14)15/h4-5H,7H2,1-3H3,(H,17,18). The summed E-state index contributed by atoms with van der Waals surface area (Å²) >= 11 is 0. The number of nitrogens with zero attached hydrogens (tertiary/aromatic N) is 2. The Morgan fingerprint density at radius 1 is 1.28 bits per heavy atom. The molecule has 98 valence electrons. The van der Waals surface area contributed by atoms with Crippen molar-refractivity contribution in [2.75, 3.05) is 11.9 Å². The number of anilines is 1. The van der Waals surface area contributed by atoms with Crippen molar-refractivity contribution in [3.63, 3.8) is 0 Å². The summed E-state index contributed by atoms with van der Waals surface area (Å²) < 4.78 is 37.5. The summed E-state index contributed by atoms with van der Waals surface area (Å²) in [6.07, 6.45) is -4.51. The van der Waals surface area contributed by atoms with Gasteiger partial charge in [-0.25, -0.2) is 4.98 Å². The van der Waals surface area contributed by atoms with Crippen LogP contribution in [0.1, 0.15) is 32.0 Å². The van der Waals surface area contributed by atoms with Crippen LogP contribution in [0.5, 0.6) is 0 Å². The van der Waals surface area contributed by atoms with Crippen molar-refractivity contribution < 1.29 is 13.2 Å². The second-order valence-corrected chi connectivity index (χ2v) is 5.12. The predicted octanol–water partition coefficient (Wildman–Crippen LogP) is 3.43. The predicted molar refractivity (Wildman–Crippen MR) is 61.9 cm³/mol. The van der Waals surface area contributed by atoms with Crippen LogP contribution in [0.4, 0.5) is 19.0 Å². The average molecular weight is 257 g/mol. The molecule has 0 atom stereocenters. The minimum Gasteiger partial charge on any atom is -0.368 e. The highest BCUT2D eigenvalue weighted by Crippen LogP contribution is 2.29. The molecule has 3 nitrogen and oxygen atoms in total. The number of hydrogen-bond donors (Lipinski definition) is 1. The monoisotopic (exact) mass is 257 g/mol. The van der Waals surface area contributed by atoms with E-state index in [0.29, 0.717) is 6.54 Å². The smallest absolute Gasteiger partial charge is 0.368 e. The normalized spacial score (nSPS) is 12.1. The number of aromatic nitrogens is 1. The van der Waals surface area contributed by atoms with Gasteiger partial charge in [-0.1, -0.05) is 20.8 Å². The third-order valence-corrected chi connectivity index (χ3v) is 2.09. The van der Waals surface area contributed by atoms with Crippen LogP contribution in [0.3, 0.4) is 0 Å². The van der Waals surface area contributed by atoms with E-state index in [1.54, 1.807) is 0 Å². The molecule has 0 unspecified atom stereocenters. The Labute approximate surface area is 104 Å². The van der Waals surface area contributed by atoms with Crippen molar-refractivity contribution in [2.45, 2.75) is 26.9 Å². The van der Waals surface area contributed by atoms with Gasteiger partial charge in [-0.3, -0.25) is 0 Å². The van der Waals surface area contributed by atoms with Gasteiger partial charge in [0.05, 0.1) is 5.56 Å². The lowest BCUT2D eigenvalue weighted by Crippen LogP contribution is -2.21. The van der Waals surface area contributed by atoms with Gasteiger partial charge in [0.1, 0.15) is 17.6 Å². The topological polar surface area (TPSA) is 48.7 Å². The van der Waals surface area contributed by atoms with Crippen molar-refractivity contribution in [1.82, 2.24) is 4.98 Å². The maximum atomic E-state index is 12.5. The van der Waals surface area contributed by atoms with Gasteiger partial charge in [0.25, 0.3) is 0 Å². The summed E-state index contributed by atoms with van der Waals surface area (Å²) in [5.74, 6) is -0.0257. The van der Waals surface area contributed by atoms with E-state index in [0.717, 1.165) is 12.1 Å². The molecule has 0 spiro atoms. The third-order valence-electron chi connectivity index (χ3n) is 2.09. The van der Waals surface area contributed by atoms with Gasteiger partial charge in [0.2, 0.25) is 0 Å². The number of hydrogen-bond acceptors (Lipinski definition) is 3. The lowest BCUT2D eigenvalue weighted by atomic mass is 9.97. The molecule has 0 aromatic carbocycles. The molecule has 0 amide bonds. The summed E-state index contributed by atoms with van der Waals surface area (Å²) in [4.78, 5) is 3.46. The highest BCUT2D eigenvalue weighted by atomic mass is 19.4. The number of nitriles is 1. The maximum Gasteiger partial charge on any atom is 0.433 e. The largest absolute Gasteiger partial charge is 0.433 e. The summed E-state index contributed by atoms with van der Waals surface area (Å²) in [5, 5.41) is 11.6. The highest BCUT2D eigenvalue weighted by molar-refractivity contribution is 5.52. The fourth-order valence-electron chi connectivity index (χ4n) is 1.19. The summed E-state index contributed by atoms with van der Waals surface area (Å²) in [6.45, 7) is 6.22. The quantitative estimate of drug-likeness (QED) is 0.883. The molecule has 0 aliphatic heterocycles. The number of alkyl halides is 3. The van der Waals surface area contributed by atoms with E-state index in [4.69, 9.17) is 5.26 Å². The number of halogens is 3. The van der Waals surface area contributed by atoms with Crippen LogP contribution < -0.4 is 5.32 Å². The van der Waals surface area contributed by atoms with E-state index in [1.807, 2.05) is 26.8 Å². The Morgan fingerprint density at radius 2 is 1.89 bits per heavy atom. The van der Waals surface area contributed by atoms with E-state index in [2.05, 4.69) is 10.3 Å². The van der Waals surface area contributed by atoms with Gasteiger partial charge >= 0.3 is 6.18 Å². The van der Waals surface area contributed by atoms with Crippen LogP contribution in [0.2, 0.25) is 0 Å². The van der Waals surface area contributed by atoms with Crippen LogP contribution in [-0.2, 0) is 6.18 Å². The van der Waals surface area contributed by atoms with Crippen molar-refractivity contribution in [3.05, 3.63) is 23.4 Å². The fraction of sp³-hybridized carbons (Fsp3) is 0.500. The molecule has 0 radical (unpaired) electrons. The SMILES string of the molecule is CC(C)(C)CNc1nc(C(F)(F)F)ccc1C#N. The third kappa shape index (κ3) is 3.91. The van der Waals surface area contributed by atoms with Gasteiger partial charge in [0.15, 0.2) is 0 Å². The molecule has 1 N–H and O–H groups in total. The Morgan fingerprint density at radius 3 is 2.33 bits per heavy atom. The van der Waals surface area contributed by atoms with E-state index in [1.165, 1.54) is 0 Å². The second kappa shape index (κ2) is 4.84. The number of rotatable bonds is 2. The van der Waals surface area contributed by atoms with Gasteiger partial charge in [-0.05, 0) is 17.5 Å². The van der Waals surface area contributed by atoms with Crippen molar-refractivity contribution in [1.29, 1.82) is 5.26 Å². The summed E-state index contributed by atoms with van der Waals surface area (Å²) in [7, 11) is 0. The molecule has 0 aliphatic carbocycles. The fourth-order valence-corrected chi connectivity index (χ4v) is 1.19. The average Bonchev–Trinajstić information content (AvgIpc) is 2.23. The van der Waals surface area contributed by atoms with E-state index in [-0.39, 0.29) is 16.8 Å². The highest BCUT2D eigenvalue weighted by Gasteiger charge is 2.33. The van der Waals surface area contributed by atoms with Gasteiger partial charge in [0, 0.05) is 6.54 Å². The zero-order valence-electron chi connectivity index (χ0n) is 10.4. The Hall–Kier alpha value is -1.77. The molecule has 1 aromatic rings. The molecule has 0 aliphatic rings. The van der Waals surface area contributed by atoms with Crippen LogP contribution in [0.15, 0.2) is 12.1 Å². The van der Waals surface area contributed by atoms with Crippen molar-refractivity contribution in [2.24, 2.45) is 5.41 Å². The molecule has 1 rings (SSSR count). The molecule has 6 heteroatoms. The van der Waals surface area contributed by atoms with Gasteiger partial charge in [-0.2, -0.15) is 18.4 Å². The molecule has 18 heavy (non-hydrogen) atoms. The molecular weight excluding hydrogens is 243 g/mol. The van der Waals surface area contributed by atoms with E-state index >= 15 is 0 Å². The zero-order valence-corrected chi connectivity index (χ0v) is 10.4. The number of pyridine rings is 1. The van der Waals surface area contributed by atoms with Crippen molar-refractivity contribution >= 4 is 5.82 Å². The Kier molecular flexibility index (Phi) is 3.85. The summed E-state index contributed by atoms with van der Waals surface area (Å²) in [5.41, 5.74) is -1.02. The minimum atomic E-state index is -4.51. The molecule has 1 aromatic heterocycles. The first-order valence-electron chi connectivity index (χ1n) is 5.36. The van der Waals surface area contributed by atoms with Crippen LogP contribution in [-0.4, -0.2) is 11.5 Å². The van der Waals surface area contributed by atoms with Crippen LogP contribution in [0, 0.1) is 16.7 Å². The molecule has 0 fully saturated rings.